The van der Waals surface area contributed by atoms with E-state index in [4.69, 9.17) is 10.5 Å². The van der Waals surface area contributed by atoms with Crippen LogP contribution in [0.3, 0.4) is 0 Å². The summed E-state index contributed by atoms with van der Waals surface area (Å²) < 4.78 is 7.70. The van der Waals surface area contributed by atoms with Crippen molar-refractivity contribution in [1.29, 1.82) is 0 Å². The van der Waals surface area contributed by atoms with E-state index in [-0.39, 0.29) is 11.4 Å². The number of carbonyl (C=O) groups excluding carboxylic acids is 1. The van der Waals surface area contributed by atoms with Crippen molar-refractivity contribution in [3.8, 4) is 5.75 Å². The molecule has 3 aliphatic rings. The molecule has 3 N–H and O–H groups in total. The van der Waals surface area contributed by atoms with E-state index < -0.39 is 0 Å². The summed E-state index contributed by atoms with van der Waals surface area (Å²) in [5.41, 5.74) is 10.0. The molecule has 2 saturated heterocycles. The van der Waals surface area contributed by atoms with Crippen molar-refractivity contribution in [2.75, 3.05) is 50.9 Å². The summed E-state index contributed by atoms with van der Waals surface area (Å²) in [6, 6.07) is 6.43. The maximum atomic E-state index is 12.6. The minimum atomic E-state index is -0.0562. The maximum absolute atomic E-state index is 12.6. The van der Waals surface area contributed by atoms with Crippen LogP contribution in [0.2, 0.25) is 0 Å². The van der Waals surface area contributed by atoms with Crippen LogP contribution >= 0.6 is 0 Å². The summed E-state index contributed by atoms with van der Waals surface area (Å²) in [5, 5.41) is 7.98. The third-order valence-electron chi connectivity index (χ3n) is 8.38. The average molecular weight is 519 g/mol. The van der Waals surface area contributed by atoms with Crippen molar-refractivity contribution in [3.63, 3.8) is 0 Å². The average Bonchev–Trinajstić information content (AvgIpc) is 3.49. The Morgan fingerprint density at radius 1 is 1.16 bits per heavy atom. The first-order chi connectivity index (χ1) is 18.3. The Bertz CT molecular complexity index is 1350. The van der Waals surface area contributed by atoms with Crippen molar-refractivity contribution >= 4 is 28.7 Å². The Morgan fingerprint density at radius 3 is 2.66 bits per heavy atom. The molecule has 10 heteroatoms. The van der Waals surface area contributed by atoms with Gasteiger partial charge in [-0.3, -0.25) is 14.4 Å². The molecule has 1 amide bonds. The number of nitrogen functional groups attached to an aromatic ring is 1. The highest BCUT2D eigenvalue weighted by atomic mass is 16.5. The predicted molar refractivity (Wildman–Crippen MR) is 147 cm³/mol. The Labute approximate surface area is 223 Å². The van der Waals surface area contributed by atoms with Gasteiger partial charge in [-0.25, -0.2) is 4.98 Å². The number of aromatic nitrogens is 4. The minimum Gasteiger partial charge on any atom is -0.496 e. The fourth-order valence-electron chi connectivity index (χ4n) is 5.99. The molecule has 4 heterocycles. The van der Waals surface area contributed by atoms with Gasteiger partial charge < -0.3 is 20.7 Å². The van der Waals surface area contributed by atoms with E-state index in [1.165, 1.54) is 5.56 Å². The lowest BCUT2D eigenvalue weighted by Crippen LogP contribution is -2.73. The van der Waals surface area contributed by atoms with Gasteiger partial charge in [0.1, 0.15) is 16.8 Å². The van der Waals surface area contributed by atoms with Crippen LogP contribution in [0.25, 0.3) is 11.0 Å². The number of rotatable bonds is 10. The van der Waals surface area contributed by atoms with E-state index in [1.54, 1.807) is 13.3 Å². The molecule has 2 aliphatic heterocycles. The van der Waals surface area contributed by atoms with Gasteiger partial charge >= 0.3 is 0 Å². The van der Waals surface area contributed by atoms with E-state index in [1.807, 2.05) is 4.68 Å². The van der Waals surface area contributed by atoms with E-state index >= 15 is 0 Å². The van der Waals surface area contributed by atoms with Gasteiger partial charge in [0, 0.05) is 55.7 Å². The van der Waals surface area contributed by atoms with Crippen LogP contribution in [0.5, 0.6) is 5.75 Å². The number of methoxy groups -OCH3 is 1. The second kappa shape index (κ2) is 9.41. The fraction of sp³-hybridized carbons (Fsp3) is 0.571. The fourth-order valence-corrected chi connectivity index (χ4v) is 5.99. The highest BCUT2D eigenvalue weighted by Crippen LogP contribution is 2.50. The molecular weight excluding hydrogens is 480 g/mol. The quantitative estimate of drug-likeness (QED) is 0.394. The number of likely N-dealkylation sites (tertiary alicyclic amines) is 2. The van der Waals surface area contributed by atoms with Crippen molar-refractivity contribution in [3.05, 3.63) is 35.5 Å². The number of benzene rings is 1. The van der Waals surface area contributed by atoms with Crippen LogP contribution in [-0.4, -0.2) is 75.3 Å². The van der Waals surface area contributed by atoms with Crippen molar-refractivity contribution in [2.45, 2.75) is 52.6 Å². The molecule has 3 aromatic rings. The smallest absolute Gasteiger partial charge is 0.228 e. The van der Waals surface area contributed by atoms with Gasteiger partial charge in [-0.1, -0.05) is 32.4 Å². The highest BCUT2D eigenvalue weighted by molar-refractivity contribution is 5.87. The molecule has 6 rings (SSSR count). The topological polar surface area (TPSA) is 114 Å². The zero-order valence-corrected chi connectivity index (χ0v) is 22.7. The number of amides is 1. The van der Waals surface area contributed by atoms with Gasteiger partial charge in [0.2, 0.25) is 11.9 Å². The molecule has 2 aromatic heterocycles. The summed E-state index contributed by atoms with van der Waals surface area (Å²) in [6.45, 7) is 10.4. The predicted octanol–water partition coefficient (Wildman–Crippen LogP) is 3.12. The van der Waals surface area contributed by atoms with E-state index in [0.717, 1.165) is 87.3 Å². The Balaban J connectivity index is 1.10. The zero-order chi connectivity index (χ0) is 26.5. The number of nitrogens with zero attached hydrogens (tertiary/aromatic N) is 6. The van der Waals surface area contributed by atoms with E-state index in [2.05, 4.69) is 62.2 Å². The van der Waals surface area contributed by atoms with Crippen LogP contribution in [0.1, 0.15) is 50.7 Å². The van der Waals surface area contributed by atoms with Crippen LogP contribution in [0.4, 0.5) is 11.8 Å². The number of unbranched alkanes of at least 4 members (excludes halogenated alkanes) is 1. The third-order valence-corrected chi connectivity index (χ3v) is 8.38. The molecule has 10 nitrogen and oxygen atoms in total. The van der Waals surface area contributed by atoms with Gasteiger partial charge in [-0.2, -0.15) is 10.1 Å². The Kier molecular flexibility index (Phi) is 6.17. The first-order valence-corrected chi connectivity index (χ1v) is 13.7. The number of anilines is 2. The van der Waals surface area contributed by atoms with Crippen molar-refractivity contribution < 1.29 is 9.53 Å². The second-order valence-corrected chi connectivity index (χ2v) is 11.8. The van der Waals surface area contributed by atoms with Crippen molar-refractivity contribution in [2.24, 2.45) is 10.8 Å². The number of hydrogen-bond acceptors (Lipinski definition) is 8. The molecule has 1 aliphatic carbocycles. The number of fused-ring (bicyclic) bond motifs is 1. The molecule has 202 valence electrons. The molecule has 1 spiro atoms. The second-order valence-electron chi connectivity index (χ2n) is 11.8. The zero-order valence-electron chi connectivity index (χ0n) is 22.7. The van der Waals surface area contributed by atoms with Crippen LogP contribution < -0.4 is 15.8 Å². The summed E-state index contributed by atoms with van der Waals surface area (Å²) in [7, 11) is 1.71. The van der Waals surface area contributed by atoms with Crippen LogP contribution in [0, 0.1) is 10.8 Å². The monoisotopic (exact) mass is 518 g/mol. The number of nitrogens with two attached hydrogens (primary N) is 1. The standard InChI is InChI=1S/C28H38N8O2/c1-4-5-10-30-24-23-21(32-26(29)33-24)12-31-36(23)14-20-7-6-19(11-22(20)38-3)13-34-15-28(16-34)17-35(18-28)25(37)27(2)8-9-27/h6-7,11-12H,4-5,8-10,13-18H2,1-3H3,(H3,29,30,32,33). The third kappa shape index (κ3) is 4.55. The first-order valence-electron chi connectivity index (χ1n) is 13.7. The molecule has 3 fully saturated rings. The number of ether oxygens (including phenoxy) is 1. The van der Waals surface area contributed by atoms with Gasteiger partial charge in [0.15, 0.2) is 5.82 Å². The van der Waals surface area contributed by atoms with Gasteiger partial charge in [-0.15, -0.1) is 0 Å². The molecule has 0 bridgehead atoms. The summed E-state index contributed by atoms with van der Waals surface area (Å²) in [4.78, 5) is 25.9. The lowest BCUT2D eigenvalue weighted by atomic mass is 9.72. The number of carbonyl (C=O) groups is 1. The van der Waals surface area contributed by atoms with Crippen LogP contribution in [0.15, 0.2) is 24.4 Å². The maximum Gasteiger partial charge on any atom is 0.228 e. The summed E-state index contributed by atoms with van der Waals surface area (Å²) in [6.07, 6.45) is 5.97. The molecule has 0 radical (unpaired) electrons. The molecule has 1 aromatic carbocycles. The Morgan fingerprint density at radius 2 is 1.95 bits per heavy atom. The lowest BCUT2D eigenvalue weighted by molar-refractivity contribution is -0.164. The van der Waals surface area contributed by atoms with Crippen molar-refractivity contribution in [1.82, 2.24) is 29.5 Å². The summed E-state index contributed by atoms with van der Waals surface area (Å²) >= 11 is 0. The Hall–Kier alpha value is -3.40. The molecule has 0 unspecified atom stereocenters. The minimum absolute atomic E-state index is 0.0562. The SMILES string of the molecule is CCCCNc1nc(N)nc2cnn(Cc3ccc(CN4CC5(C4)CN(C(=O)C4(C)CC4)C5)cc3OC)c12. The first kappa shape index (κ1) is 24.9. The molecule has 1 saturated carbocycles. The normalized spacial score (nSPS) is 19.3. The van der Waals surface area contributed by atoms with E-state index in [0.29, 0.717) is 23.7 Å². The van der Waals surface area contributed by atoms with Gasteiger partial charge in [0.05, 0.1) is 19.9 Å². The molecule has 38 heavy (non-hydrogen) atoms. The van der Waals surface area contributed by atoms with E-state index in [9.17, 15) is 4.79 Å². The lowest BCUT2D eigenvalue weighted by Gasteiger charge is -2.60. The van der Waals surface area contributed by atoms with Crippen LogP contribution in [-0.2, 0) is 17.9 Å². The molecule has 0 atom stereocenters. The largest absolute Gasteiger partial charge is 0.496 e. The van der Waals surface area contributed by atoms with Gasteiger partial charge in [0.25, 0.3) is 0 Å². The molecular formula is C28H38N8O2. The highest BCUT2D eigenvalue weighted by Gasteiger charge is 2.57. The number of nitrogens with one attached hydrogen (secondary N) is 1. The summed E-state index contributed by atoms with van der Waals surface area (Å²) in [5.74, 6) is 2.16. The number of hydrogen-bond donors (Lipinski definition) is 2. The van der Waals surface area contributed by atoms with Gasteiger partial charge in [-0.05, 0) is 30.9 Å².